The van der Waals surface area contributed by atoms with Gasteiger partial charge in [-0.1, -0.05) is 49.6 Å². The minimum absolute atomic E-state index is 0.149. The molecule has 0 heterocycles. The summed E-state index contributed by atoms with van der Waals surface area (Å²) in [5, 5.41) is 2.73. The van der Waals surface area contributed by atoms with E-state index < -0.39 is 20.7 Å². The number of hydrogen-bond donors (Lipinski definition) is 1. The highest BCUT2D eigenvalue weighted by atomic mass is 35.7. The molecule has 1 aromatic rings. The number of benzene rings is 1. The van der Waals surface area contributed by atoms with Crippen molar-refractivity contribution < 1.29 is 17.9 Å². The Morgan fingerprint density at radius 3 is 2.41 bits per heavy atom. The number of halogens is 1. The minimum Gasteiger partial charge on any atom is -0.445 e. The molecule has 0 aliphatic heterocycles. The zero-order valence-electron chi connectivity index (χ0n) is 12.3. The Kier molecular flexibility index (Phi) is 5.69. The quantitative estimate of drug-likeness (QED) is 0.832. The Labute approximate surface area is 135 Å². The van der Waals surface area contributed by atoms with Gasteiger partial charge in [-0.2, -0.15) is 0 Å². The first-order valence-corrected chi connectivity index (χ1v) is 9.78. The van der Waals surface area contributed by atoms with E-state index in [-0.39, 0.29) is 12.4 Å². The predicted molar refractivity (Wildman–Crippen MR) is 85.2 cm³/mol. The van der Waals surface area contributed by atoms with Crippen molar-refractivity contribution >= 4 is 25.8 Å². The molecule has 22 heavy (non-hydrogen) atoms. The van der Waals surface area contributed by atoms with Crippen LogP contribution >= 0.6 is 10.7 Å². The lowest BCUT2D eigenvalue weighted by molar-refractivity contribution is 0.121. The highest BCUT2D eigenvalue weighted by Crippen LogP contribution is 2.30. The molecule has 1 amide bonds. The van der Waals surface area contributed by atoms with Crippen molar-refractivity contribution in [2.75, 3.05) is 5.75 Å². The van der Waals surface area contributed by atoms with Gasteiger partial charge in [0.2, 0.25) is 9.05 Å². The van der Waals surface area contributed by atoms with Gasteiger partial charge in [-0.3, -0.25) is 0 Å². The van der Waals surface area contributed by atoms with Crippen LogP contribution in [-0.4, -0.2) is 25.8 Å². The zero-order chi connectivity index (χ0) is 16.1. The SMILES string of the molecule is O=C(NC1(CS(=O)(=O)Cl)CCCCC1)OCc1ccccc1. The topological polar surface area (TPSA) is 72.5 Å². The minimum atomic E-state index is -3.69. The fourth-order valence-electron chi connectivity index (χ4n) is 2.84. The van der Waals surface area contributed by atoms with Gasteiger partial charge in [0, 0.05) is 10.7 Å². The summed E-state index contributed by atoms with van der Waals surface area (Å²) in [7, 11) is 1.70. The van der Waals surface area contributed by atoms with E-state index in [2.05, 4.69) is 5.32 Å². The Balaban J connectivity index is 1.96. The molecule has 0 radical (unpaired) electrons. The number of ether oxygens (including phenoxy) is 1. The summed E-state index contributed by atoms with van der Waals surface area (Å²) in [5.74, 6) is -0.262. The number of nitrogens with one attached hydrogen (secondary N) is 1. The third-order valence-electron chi connectivity index (χ3n) is 3.84. The molecule has 1 fully saturated rings. The van der Waals surface area contributed by atoms with Gasteiger partial charge in [0.1, 0.15) is 6.61 Å². The van der Waals surface area contributed by atoms with Crippen molar-refractivity contribution in [3.8, 4) is 0 Å². The van der Waals surface area contributed by atoms with Crippen LogP contribution in [-0.2, 0) is 20.4 Å². The monoisotopic (exact) mass is 345 g/mol. The average Bonchev–Trinajstić information content (AvgIpc) is 2.45. The summed E-state index contributed by atoms with van der Waals surface area (Å²) in [5.41, 5.74) is 0.0624. The highest BCUT2D eigenvalue weighted by Gasteiger charge is 2.38. The number of carbonyl (C=O) groups excluding carboxylic acids is 1. The normalized spacial score (nSPS) is 17.7. The van der Waals surface area contributed by atoms with Crippen LogP contribution in [0, 0.1) is 0 Å². The Morgan fingerprint density at radius 2 is 1.82 bits per heavy atom. The van der Waals surface area contributed by atoms with Crippen LogP contribution < -0.4 is 5.32 Å². The van der Waals surface area contributed by atoms with E-state index in [4.69, 9.17) is 15.4 Å². The molecule has 122 valence electrons. The van der Waals surface area contributed by atoms with Crippen molar-refractivity contribution in [2.24, 2.45) is 0 Å². The van der Waals surface area contributed by atoms with Crippen molar-refractivity contribution in [2.45, 2.75) is 44.2 Å². The summed E-state index contributed by atoms with van der Waals surface area (Å²) >= 11 is 0. The van der Waals surface area contributed by atoms with Gasteiger partial charge in [0.25, 0.3) is 0 Å². The average molecular weight is 346 g/mol. The van der Waals surface area contributed by atoms with Gasteiger partial charge in [-0.05, 0) is 18.4 Å². The van der Waals surface area contributed by atoms with Crippen LogP contribution in [0.1, 0.15) is 37.7 Å². The molecule has 0 saturated heterocycles. The summed E-state index contributed by atoms with van der Waals surface area (Å²) in [4.78, 5) is 12.0. The van der Waals surface area contributed by atoms with E-state index in [1.807, 2.05) is 30.3 Å². The molecular weight excluding hydrogens is 326 g/mol. The molecule has 0 aromatic heterocycles. The van der Waals surface area contributed by atoms with Gasteiger partial charge in [-0.15, -0.1) is 0 Å². The summed E-state index contributed by atoms with van der Waals surface area (Å²) in [6.07, 6.45) is 3.35. The molecule has 1 aliphatic carbocycles. The standard InChI is InChI=1S/C15H20ClNO4S/c16-22(19,20)12-15(9-5-2-6-10-15)17-14(18)21-11-13-7-3-1-4-8-13/h1,3-4,7-8H,2,5-6,9-12H2,(H,17,18). The molecule has 1 aliphatic rings. The molecule has 1 aromatic carbocycles. The molecule has 0 spiro atoms. The molecule has 0 unspecified atom stereocenters. The third kappa shape index (κ3) is 5.50. The Morgan fingerprint density at radius 1 is 1.18 bits per heavy atom. The maximum atomic E-state index is 12.0. The molecule has 2 rings (SSSR count). The van der Waals surface area contributed by atoms with Gasteiger partial charge in [0.15, 0.2) is 0 Å². The molecule has 0 atom stereocenters. The van der Waals surface area contributed by atoms with Crippen LogP contribution in [0.3, 0.4) is 0 Å². The number of carbonyl (C=O) groups is 1. The molecular formula is C15H20ClNO4S. The van der Waals surface area contributed by atoms with E-state index in [0.717, 1.165) is 24.8 Å². The first kappa shape index (κ1) is 17.1. The van der Waals surface area contributed by atoms with Crippen molar-refractivity contribution in [3.63, 3.8) is 0 Å². The van der Waals surface area contributed by atoms with E-state index >= 15 is 0 Å². The molecule has 7 heteroatoms. The summed E-state index contributed by atoms with van der Waals surface area (Å²) in [6, 6.07) is 9.31. The largest absolute Gasteiger partial charge is 0.445 e. The number of alkyl carbamates (subject to hydrolysis) is 1. The van der Waals surface area contributed by atoms with Crippen LogP contribution in [0.25, 0.3) is 0 Å². The lowest BCUT2D eigenvalue weighted by atomic mass is 9.83. The number of hydrogen-bond acceptors (Lipinski definition) is 4. The van der Waals surface area contributed by atoms with Crippen molar-refractivity contribution in [1.82, 2.24) is 5.32 Å². The zero-order valence-corrected chi connectivity index (χ0v) is 13.8. The molecule has 0 bridgehead atoms. The predicted octanol–water partition coefficient (Wildman–Crippen LogP) is 3.18. The van der Waals surface area contributed by atoms with E-state index in [0.29, 0.717) is 12.8 Å². The smallest absolute Gasteiger partial charge is 0.407 e. The first-order chi connectivity index (χ1) is 10.4. The summed E-state index contributed by atoms with van der Waals surface area (Å²) in [6.45, 7) is 0.149. The summed E-state index contributed by atoms with van der Waals surface area (Å²) < 4.78 is 28.1. The Bertz CT molecular complexity index is 597. The maximum absolute atomic E-state index is 12.0. The number of amides is 1. The lowest BCUT2D eigenvalue weighted by Crippen LogP contribution is -2.53. The van der Waals surface area contributed by atoms with E-state index in [9.17, 15) is 13.2 Å². The lowest BCUT2D eigenvalue weighted by Gasteiger charge is -2.36. The van der Waals surface area contributed by atoms with Crippen LogP contribution in [0.4, 0.5) is 4.79 Å². The fraction of sp³-hybridized carbons (Fsp3) is 0.533. The maximum Gasteiger partial charge on any atom is 0.407 e. The van der Waals surface area contributed by atoms with E-state index in [1.165, 1.54) is 0 Å². The second-order valence-electron chi connectivity index (χ2n) is 5.71. The molecule has 5 nitrogen and oxygen atoms in total. The fourth-order valence-corrected chi connectivity index (χ4v) is 4.49. The highest BCUT2D eigenvalue weighted by molar-refractivity contribution is 8.13. The van der Waals surface area contributed by atoms with Gasteiger partial charge in [-0.25, -0.2) is 13.2 Å². The second kappa shape index (κ2) is 7.33. The second-order valence-corrected chi connectivity index (χ2v) is 8.49. The van der Waals surface area contributed by atoms with E-state index in [1.54, 1.807) is 0 Å². The number of rotatable bonds is 5. The van der Waals surface area contributed by atoms with Gasteiger partial charge < -0.3 is 10.1 Å². The molecule has 1 N–H and O–H groups in total. The first-order valence-electron chi connectivity index (χ1n) is 7.30. The Hall–Kier alpha value is -1.27. The van der Waals surface area contributed by atoms with Crippen LogP contribution in [0.5, 0.6) is 0 Å². The third-order valence-corrected chi connectivity index (χ3v) is 5.06. The van der Waals surface area contributed by atoms with Crippen molar-refractivity contribution in [1.29, 1.82) is 0 Å². The van der Waals surface area contributed by atoms with Gasteiger partial charge >= 0.3 is 6.09 Å². The van der Waals surface area contributed by atoms with Gasteiger partial charge in [0.05, 0.1) is 11.3 Å². The van der Waals surface area contributed by atoms with Crippen LogP contribution in [0.15, 0.2) is 30.3 Å². The van der Waals surface area contributed by atoms with Crippen LogP contribution in [0.2, 0.25) is 0 Å². The van der Waals surface area contributed by atoms with Crippen molar-refractivity contribution in [3.05, 3.63) is 35.9 Å². The molecule has 1 saturated carbocycles.